The highest BCUT2D eigenvalue weighted by atomic mass is 35.5. The van der Waals surface area contributed by atoms with Gasteiger partial charge in [-0.1, -0.05) is 18.0 Å². The monoisotopic (exact) mass is 410 g/mol. The highest BCUT2D eigenvalue weighted by Gasteiger charge is 2.26. The first kappa shape index (κ1) is 19.6. The summed E-state index contributed by atoms with van der Waals surface area (Å²) in [6.45, 7) is 0.954. The Hall–Kier alpha value is -2.16. The van der Waals surface area contributed by atoms with Crippen LogP contribution < -0.4 is 9.88 Å². The molecule has 7 nitrogen and oxygen atoms in total. The van der Waals surface area contributed by atoms with E-state index in [2.05, 4.69) is 5.32 Å². The third kappa shape index (κ3) is 4.77. The fourth-order valence-corrected chi connectivity index (χ4v) is 4.69. The van der Waals surface area contributed by atoms with Gasteiger partial charge in [0.25, 0.3) is 5.91 Å². The predicted octanol–water partition coefficient (Wildman–Crippen LogP) is 2.15. The largest absolute Gasteiger partial charge is 0.503 e. The second-order valence-electron chi connectivity index (χ2n) is 6.39. The van der Waals surface area contributed by atoms with Gasteiger partial charge in [-0.05, 0) is 37.1 Å². The van der Waals surface area contributed by atoms with Gasteiger partial charge < -0.3 is 10.4 Å². The molecule has 0 aliphatic carbocycles. The van der Waals surface area contributed by atoms with Crippen molar-refractivity contribution in [3.63, 3.8) is 0 Å². The van der Waals surface area contributed by atoms with Crippen molar-refractivity contribution in [2.24, 2.45) is 0 Å². The fraction of sp³-hybridized carbons (Fsp3) is 0.333. The number of pyridine rings is 1. The van der Waals surface area contributed by atoms with E-state index in [0.717, 1.165) is 19.3 Å². The molecule has 1 amide bonds. The number of aromatic hydroxyl groups is 1. The van der Waals surface area contributed by atoms with Gasteiger partial charge in [0.15, 0.2) is 11.9 Å². The van der Waals surface area contributed by atoms with Gasteiger partial charge in [0.1, 0.15) is 0 Å². The van der Waals surface area contributed by atoms with Crippen LogP contribution in [-0.2, 0) is 21.4 Å². The van der Waals surface area contributed by atoms with Crippen LogP contribution in [0.5, 0.6) is 5.75 Å². The molecule has 1 aromatic heterocycles. The van der Waals surface area contributed by atoms with Crippen molar-refractivity contribution in [1.82, 2.24) is 4.31 Å². The van der Waals surface area contributed by atoms with Crippen LogP contribution in [-0.4, -0.2) is 36.8 Å². The number of aromatic nitrogens is 1. The van der Waals surface area contributed by atoms with Gasteiger partial charge >= 0.3 is 0 Å². The van der Waals surface area contributed by atoms with E-state index in [0.29, 0.717) is 13.1 Å². The van der Waals surface area contributed by atoms with Gasteiger partial charge in [-0.15, -0.1) is 0 Å². The highest BCUT2D eigenvalue weighted by molar-refractivity contribution is 7.89. The number of halogens is 1. The zero-order valence-corrected chi connectivity index (χ0v) is 16.2. The van der Waals surface area contributed by atoms with E-state index in [1.165, 1.54) is 39.3 Å². The Morgan fingerprint density at radius 2 is 1.96 bits per heavy atom. The highest BCUT2D eigenvalue weighted by Crippen LogP contribution is 2.28. The summed E-state index contributed by atoms with van der Waals surface area (Å²) in [5.41, 5.74) is 0.237. The molecular weight excluding hydrogens is 390 g/mol. The molecule has 3 rings (SSSR count). The van der Waals surface area contributed by atoms with E-state index in [1.807, 2.05) is 0 Å². The number of nitrogens with zero attached hydrogens (tertiary/aromatic N) is 2. The van der Waals surface area contributed by atoms with Gasteiger partial charge in [0.2, 0.25) is 22.8 Å². The first-order valence-electron chi connectivity index (χ1n) is 8.64. The van der Waals surface area contributed by atoms with E-state index in [-0.39, 0.29) is 33.8 Å². The van der Waals surface area contributed by atoms with E-state index in [4.69, 9.17) is 11.6 Å². The molecule has 2 heterocycles. The SMILES string of the molecule is O=C(C[n+]1cccc(O)c1)Nc1cc(S(=O)(=O)N2CCCCC2)ccc1Cl. The number of carbonyl (C=O) groups excluding carboxylic acids is 1. The Morgan fingerprint density at radius 1 is 1.22 bits per heavy atom. The van der Waals surface area contributed by atoms with Crippen LogP contribution in [0.3, 0.4) is 0 Å². The Balaban J connectivity index is 1.78. The lowest BCUT2D eigenvalue weighted by Gasteiger charge is -2.26. The second-order valence-corrected chi connectivity index (χ2v) is 8.73. The third-order valence-electron chi connectivity index (χ3n) is 4.33. The van der Waals surface area contributed by atoms with Gasteiger partial charge in [-0.2, -0.15) is 8.87 Å². The van der Waals surface area contributed by atoms with E-state index in [1.54, 1.807) is 12.3 Å². The predicted molar refractivity (Wildman–Crippen MR) is 101 cm³/mol. The van der Waals surface area contributed by atoms with Crippen molar-refractivity contribution in [2.45, 2.75) is 30.7 Å². The minimum absolute atomic E-state index is 0.0398. The Kier molecular flexibility index (Phi) is 5.98. The minimum atomic E-state index is -3.62. The number of rotatable bonds is 5. The van der Waals surface area contributed by atoms with Crippen LogP contribution in [0.2, 0.25) is 5.02 Å². The maximum absolute atomic E-state index is 12.8. The lowest BCUT2D eigenvalue weighted by Crippen LogP contribution is -2.39. The maximum atomic E-state index is 12.8. The van der Waals surface area contributed by atoms with Crippen LogP contribution in [0.1, 0.15) is 19.3 Å². The molecule has 0 spiro atoms. The van der Waals surface area contributed by atoms with Gasteiger partial charge in [-0.3, -0.25) is 4.79 Å². The lowest BCUT2D eigenvalue weighted by molar-refractivity contribution is -0.684. The molecule has 0 atom stereocenters. The molecule has 1 aliphatic rings. The number of hydrogen-bond acceptors (Lipinski definition) is 4. The molecule has 0 unspecified atom stereocenters. The average molecular weight is 411 g/mol. The summed E-state index contributed by atoms with van der Waals surface area (Å²) in [6, 6.07) is 7.42. The molecule has 0 saturated carbocycles. The van der Waals surface area contributed by atoms with Gasteiger partial charge in [-0.25, -0.2) is 8.42 Å². The van der Waals surface area contributed by atoms with Crippen LogP contribution in [0, 0.1) is 0 Å². The quantitative estimate of drug-likeness (QED) is 0.739. The molecule has 2 N–H and O–H groups in total. The number of carbonyl (C=O) groups is 1. The summed E-state index contributed by atoms with van der Waals surface area (Å²) in [6.07, 6.45) is 5.77. The van der Waals surface area contributed by atoms with Crippen molar-refractivity contribution < 1.29 is 22.9 Å². The Morgan fingerprint density at radius 3 is 2.67 bits per heavy atom. The normalized spacial score (nSPS) is 15.4. The standard InChI is InChI=1S/C18H20ClN3O4S/c19-16-7-6-15(27(25,26)22-9-2-1-3-10-22)11-17(16)20-18(24)13-21-8-4-5-14(23)12-21/h4-8,11-12H,1-3,9-10,13H2,(H-,20,23,24)/p+1. The molecule has 1 fully saturated rings. The number of benzene rings is 1. The van der Waals surface area contributed by atoms with E-state index >= 15 is 0 Å². The first-order valence-corrected chi connectivity index (χ1v) is 10.5. The number of piperidine rings is 1. The number of sulfonamides is 1. The third-order valence-corrected chi connectivity index (χ3v) is 6.56. The number of anilines is 1. The molecule has 0 bridgehead atoms. The summed E-state index contributed by atoms with van der Waals surface area (Å²) in [7, 11) is -3.62. The zero-order valence-electron chi connectivity index (χ0n) is 14.6. The van der Waals surface area contributed by atoms with E-state index < -0.39 is 10.0 Å². The molecule has 144 valence electrons. The Labute approximate surface area is 163 Å². The summed E-state index contributed by atoms with van der Waals surface area (Å²) < 4.78 is 28.6. The minimum Gasteiger partial charge on any atom is -0.503 e. The van der Waals surface area contributed by atoms with Gasteiger partial charge in [0, 0.05) is 19.2 Å². The van der Waals surface area contributed by atoms with Crippen molar-refractivity contribution in [3.8, 4) is 5.75 Å². The fourth-order valence-electron chi connectivity index (χ4n) is 2.98. The molecule has 1 aliphatic heterocycles. The summed E-state index contributed by atoms with van der Waals surface area (Å²) in [5.74, 6) is -0.349. The molecule has 0 radical (unpaired) electrons. The van der Waals surface area contributed by atoms with E-state index in [9.17, 15) is 18.3 Å². The Bertz CT molecular complexity index is 943. The smallest absolute Gasteiger partial charge is 0.290 e. The van der Waals surface area contributed by atoms with Crippen LogP contribution in [0.25, 0.3) is 0 Å². The van der Waals surface area contributed by atoms with Crippen molar-refractivity contribution >= 4 is 33.2 Å². The number of amides is 1. The molecule has 1 saturated heterocycles. The second kappa shape index (κ2) is 8.24. The van der Waals surface area contributed by atoms with Crippen molar-refractivity contribution in [1.29, 1.82) is 0 Å². The molecule has 1 aromatic carbocycles. The topological polar surface area (TPSA) is 90.6 Å². The average Bonchev–Trinajstić information content (AvgIpc) is 2.64. The lowest BCUT2D eigenvalue weighted by atomic mass is 10.2. The van der Waals surface area contributed by atoms with Crippen LogP contribution >= 0.6 is 11.6 Å². The number of hydrogen-bond donors (Lipinski definition) is 2. The molecular formula is C18H21ClN3O4S+. The van der Waals surface area contributed by atoms with Crippen molar-refractivity contribution in [2.75, 3.05) is 18.4 Å². The summed E-state index contributed by atoms with van der Waals surface area (Å²) >= 11 is 6.13. The molecule has 9 heteroatoms. The van der Waals surface area contributed by atoms with Crippen LogP contribution in [0.4, 0.5) is 5.69 Å². The van der Waals surface area contributed by atoms with Gasteiger partial charge in [0.05, 0.1) is 15.6 Å². The van der Waals surface area contributed by atoms with Crippen molar-refractivity contribution in [3.05, 3.63) is 47.7 Å². The zero-order chi connectivity index (χ0) is 19.4. The molecule has 2 aromatic rings. The number of nitrogens with one attached hydrogen (secondary N) is 1. The van der Waals surface area contributed by atoms with Crippen LogP contribution in [0.15, 0.2) is 47.6 Å². The maximum Gasteiger partial charge on any atom is 0.290 e. The molecule has 27 heavy (non-hydrogen) atoms. The summed E-state index contributed by atoms with van der Waals surface area (Å²) in [5, 5.41) is 12.4. The summed E-state index contributed by atoms with van der Waals surface area (Å²) in [4.78, 5) is 12.4. The first-order chi connectivity index (χ1) is 12.9.